The van der Waals surface area contributed by atoms with Gasteiger partial charge in [0.1, 0.15) is 0 Å². The third kappa shape index (κ3) is 6.93. The first-order valence-electron chi connectivity index (χ1n) is 7.68. The summed E-state index contributed by atoms with van der Waals surface area (Å²) in [6, 6.07) is 3.97. The summed E-state index contributed by atoms with van der Waals surface area (Å²) >= 11 is 24.7. The predicted octanol–water partition coefficient (Wildman–Crippen LogP) is 8.09. The summed E-state index contributed by atoms with van der Waals surface area (Å²) in [4.78, 5) is 0. The molecule has 0 unspecified atom stereocenters. The van der Waals surface area contributed by atoms with E-state index in [1.807, 2.05) is 25.1 Å². The van der Waals surface area contributed by atoms with Crippen molar-refractivity contribution < 1.29 is 0 Å². The third-order valence-corrected chi connectivity index (χ3v) is 4.92. The van der Waals surface area contributed by atoms with Gasteiger partial charge < -0.3 is 0 Å². The van der Waals surface area contributed by atoms with E-state index in [4.69, 9.17) is 46.4 Å². The van der Waals surface area contributed by atoms with Gasteiger partial charge in [0.15, 0.2) is 0 Å². The van der Waals surface area contributed by atoms with E-state index in [0.717, 1.165) is 64.4 Å². The van der Waals surface area contributed by atoms with Gasteiger partial charge in [-0.1, -0.05) is 66.3 Å². The van der Waals surface area contributed by atoms with Crippen LogP contribution in [0.5, 0.6) is 0 Å². The summed E-state index contributed by atoms with van der Waals surface area (Å²) in [5.74, 6) is 0. The Hall–Kier alpha value is -0.400. The van der Waals surface area contributed by atoms with Crippen molar-refractivity contribution >= 4 is 46.4 Å². The quantitative estimate of drug-likeness (QED) is 0.392. The maximum absolute atomic E-state index is 6.37. The number of hydrogen-bond acceptors (Lipinski definition) is 0. The van der Waals surface area contributed by atoms with E-state index in [2.05, 4.69) is 13.5 Å². The van der Waals surface area contributed by atoms with Gasteiger partial charge in [-0.2, -0.15) is 0 Å². The molecule has 0 nitrogen and oxygen atoms in total. The lowest BCUT2D eigenvalue weighted by molar-refractivity contribution is 0.823. The lowest BCUT2D eigenvalue weighted by Gasteiger charge is -2.10. The SMILES string of the molecule is C=C(C)/C(Cl)=C\C(=C\Cl)CCCc1cc(Cl)c(CCC)cc1Cl. The van der Waals surface area contributed by atoms with E-state index in [0.29, 0.717) is 5.03 Å². The second-order valence-corrected chi connectivity index (χ2v) is 7.04. The van der Waals surface area contributed by atoms with Crippen molar-refractivity contribution in [3.05, 3.63) is 67.7 Å². The average Bonchev–Trinajstić information content (AvgIpc) is 2.50. The highest BCUT2D eigenvalue weighted by atomic mass is 35.5. The minimum absolute atomic E-state index is 0.627. The van der Waals surface area contributed by atoms with Crippen LogP contribution in [-0.2, 0) is 12.8 Å². The minimum atomic E-state index is 0.627. The zero-order chi connectivity index (χ0) is 17.4. The highest BCUT2D eigenvalue weighted by Gasteiger charge is 2.07. The molecule has 0 saturated heterocycles. The van der Waals surface area contributed by atoms with Gasteiger partial charge in [0, 0.05) is 20.6 Å². The van der Waals surface area contributed by atoms with Crippen LogP contribution in [-0.4, -0.2) is 0 Å². The van der Waals surface area contributed by atoms with Gasteiger partial charge in [-0.15, -0.1) is 0 Å². The van der Waals surface area contributed by atoms with E-state index in [9.17, 15) is 0 Å². The van der Waals surface area contributed by atoms with Gasteiger partial charge in [0.2, 0.25) is 0 Å². The number of halogens is 4. The molecule has 0 aliphatic rings. The van der Waals surface area contributed by atoms with Gasteiger partial charge in [0.25, 0.3) is 0 Å². The van der Waals surface area contributed by atoms with Crippen LogP contribution in [0.15, 0.2) is 46.5 Å². The molecule has 0 saturated carbocycles. The molecule has 0 spiro atoms. The van der Waals surface area contributed by atoms with Gasteiger partial charge >= 0.3 is 0 Å². The molecule has 0 N–H and O–H groups in total. The largest absolute Gasteiger partial charge is 0.0946 e. The van der Waals surface area contributed by atoms with Gasteiger partial charge in [0.05, 0.1) is 0 Å². The Balaban J connectivity index is 2.70. The van der Waals surface area contributed by atoms with Crippen molar-refractivity contribution in [1.82, 2.24) is 0 Å². The van der Waals surface area contributed by atoms with E-state index >= 15 is 0 Å². The summed E-state index contributed by atoms with van der Waals surface area (Å²) in [6.45, 7) is 7.80. The fourth-order valence-electron chi connectivity index (χ4n) is 2.21. The first-order valence-corrected chi connectivity index (χ1v) is 9.25. The van der Waals surface area contributed by atoms with E-state index in [1.165, 1.54) is 0 Å². The summed E-state index contributed by atoms with van der Waals surface area (Å²) in [6.07, 6.45) is 6.43. The first-order chi connectivity index (χ1) is 10.9. The zero-order valence-electron chi connectivity index (χ0n) is 13.6. The predicted molar refractivity (Wildman–Crippen MR) is 106 cm³/mol. The first kappa shape index (κ1) is 20.6. The minimum Gasteiger partial charge on any atom is -0.0946 e. The molecule has 0 heterocycles. The number of allylic oxidation sites excluding steroid dienone is 4. The van der Waals surface area contributed by atoms with Crippen molar-refractivity contribution in [1.29, 1.82) is 0 Å². The molecular formula is C19H22Cl4. The Morgan fingerprint density at radius 3 is 2.17 bits per heavy atom. The van der Waals surface area contributed by atoms with Crippen LogP contribution in [0.25, 0.3) is 0 Å². The van der Waals surface area contributed by atoms with Gasteiger partial charge in [-0.05, 0) is 73.1 Å². The molecule has 126 valence electrons. The van der Waals surface area contributed by atoms with Crippen LogP contribution in [0, 0.1) is 0 Å². The fraction of sp³-hybridized carbons (Fsp3) is 0.368. The number of rotatable bonds is 8. The van der Waals surface area contributed by atoms with E-state index in [1.54, 1.807) is 5.54 Å². The molecular weight excluding hydrogens is 370 g/mol. The summed E-state index contributed by atoms with van der Waals surface area (Å²) in [5, 5.41) is 2.20. The molecule has 1 aromatic rings. The normalized spacial score (nSPS) is 12.6. The molecule has 0 atom stereocenters. The van der Waals surface area contributed by atoms with E-state index < -0.39 is 0 Å². The molecule has 0 bridgehead atoms. The van der Waals surface area contributed by atoms with Crippen LogP contribution in [0.1, 0.15) is 44.2 Å². The Bertz CT molecular complexity index is 612. The van der Waals surface area contributed by atoms with Crippen LogP contribution < -0.4 is 0 Å². The Labute approximate surface area is 159 Å². The van der Waals surface area contributed by atoms with Crippen LogP contribution in [0.4, 0.5) is 0 Å². The number of benzene rings is 1. The second kappa shape index (κ2) is 10.5. The summed E-state index contributed by atoms with van der Waals surface area (Å²) < 4.78 is 0. The Morgan fingerprint density at radius 1 is 1.13 bits per heavy atom. The maximum Gasteiger partial charge on any atom is 0.0441 e. The van der Waals surface area contributed by atoms with Crippen molar-refractivity contribution in [2.45, 2.75) is 46.0 Å². The third-order valence-electron chi connectivity index (χ3n) is 3.51. The molecule has 1 aromatic carbocycles. The molecule has 0 aromatic heterocycles. The maximum atomic E-state index is 6.37. The van der Waals surface area contributed by atoms with Crippen LogP contribution in [0.2, 0.25) is 10.0 Å². The zero-order valence-corrected chi connectivity index (χ0v) is 16.6. The Kier molecular flexibility index (Phi) is 9.39. The molecule has 0 aliphatic heterocycles. The standard InChI is InChI=1S/C19H22Cl4/c1-4-6-15-10-19(23)16(11-18(15)22)8-5-7-14(12-20)9-17(21)13(2)3/h9-12H,2,4-8H2,1,3H3/b14-12+,17-9+. The fourth-order valence-corrected chi connectivity index (χ4v) is 3.08. The number of hydrogen-bond donors (Lipinski definition) is 0. The van der Waals surface area contributed by atoms with Crippen molar-refractivity contribution in [3.8, 4) is 0 Å². The van der Waals surface area contributed by atoms with Crippen molar-refractivity contribution in [3.63, 3.8) is 0 Å². The van der Waals surface area contributed by atoms with Crippen LogP contribution in [0.3, 0.4) is 0 Å². The van der Waals surface area contributed by atoms with E-state index in [-0.39, 0.29) is 0 Å². The lowest BCUT2D eigenvalue weighted by Crippen LogP contribution is -1.93. The molecule has 0 amide bonds. The highest BCUT2D eigenvalue weighted by Crippen LogP contribution is 2.28. The topological polar surface area (TPSA) is 0 Å². The smallest absolute Gasteiger partial charge is 0.0441 e. The average molecular weight is 392 g/mol. The molecule has 0 aliphatic carbocycles. The second-order valence-electron chi connectivity index (χ2n) is 5.60. The van der Waals surface area contributed by atoms with Gasteiger partial charge in [-0.3, -0.25) is 0 Å². The molecule has 0 radical (unpaired) electrons. The summed E-state index contributed by atoms with van der Waals surface area (Å²) in [7, 11) is 0. The highest BCUT2D eigenvalue weighted by molar-refractivity contribution is 6.34. The van der Waals surface area contributed by atoms with Crippen molar-refractivity contribution in [2.75, 3.05) is 0 Å². The monoisotopic (exact) mass is 390 g/mol. The Morgan fingerprint density at radius 2 is 1.70 bits per heavy atom. The van der Waals surface area contributed by atoms with Gasteiger partial charge in [-0.25, -0.2) is 0 Å². The lowest BCUT2D eigenvalue weighted by atomic mass is 10.0. The molecule has 1 rings (SSSR count). The van der Waals surface area contributed by atoms with Crippen molar-refractivity contribution in [2.24, 2.45) is 0 Å². The number of aryl methyl sites for hydroxylation is 2. The molecule has 0 fully saturated rings. The molecule has 4 heteroatoms. The summed E-state index contributed by atoms with van der Waals surface area (Å²) in [5.41, 5.74) is 5.54. The van der Waals surface area contributed by atoms with Crippen LogP contribution >= 0.6 is 46.4 Å². The molecule has 23 heavy (non-hydrogen) atoms.